The van der Waals surface area contributed by atoms with Crippen molar-refractivity contribution in [2.75, 3.05) is 31.1 Å². The lowest BCUT2D eigenvalue weighted by Gasteiger charge is -2.25. The molecule has 5 rings (SSSR count). The van der Waals surface area contributed by atoms with Crippen LogP contribution < -0.4 is 10.3 Å². The van der Waals surface area contributed by atoms with E-state index in [4.69, 9.17) is 5.10 Å². The number of hydrazone groups is 1. The van der Waals surface area contributed by atoms with Gasteiger partial charge in [0.1, 0.15) is 5.82 Å². The van der Waals surface area contributed by atoms with Crippen LogP contribution in [0, 0.1) is 6.92 Å². The predicted octanol–water partition coefficient (Wildman–Crippen LogP) is 3.72. The van der Waals surface area contributed by atoms with E-state index in [1.807, 2.05) is 41.9 Å². The highest BCUT2D eigenvalue weighted by Gasteiger charge is 2.27. The Balaban J connectivity index is 1.37. The van der Waals surface area contributed by atoms with Crippen LogP contribution in [-0.4, -0.2) is 60.8 Å². The summed E-state index contributed by atoms with van der Waals surface area (Å²) in [5, 5.41) is 9.00. The van der Waals surface area contributed by atoms with Gasteiger partial charge in [0.15, 0.2) is 0 Å². The number of nitrogens with one attached hydrogen (secondary N) is 1. The zero-order chi connectivity index (χ0) is 25.8. The number of nitrogens with zero attached hydrogens (tertiary/aromatic N) is 5. The minimum atomic E-state index is -3.63. The van der Waals surface area contributed by atoms with E-state index < -0.39 is 15.9 Å². The van der Waals surface area contributed by atoms with Gasteiger partial charge < -0.3 is 4.90 Å². The Morgan fingerprint density at radius 3 is 2.38 bits per heavy atom. The highest BCUT2D eigenvalue weighted by atomic mass is 32.2. The number of hydrogen-bond acceptors (Lipinski definition) is 6. The molecule has 1 N–H and O–H groups in total. The van der Waals surface area contributed by atoms with Gasteiger partial charge in [0.25, 0.3) is 5.91 Å². The Labute approximate surface area is 217 Å². The van der Waals surface area contributed by atoms with E-state index >= 15 is 0 Å². The van der Waals surface area contributed by atoms with Crippen molar-refractivity contribution in [2.45, 2.75) is 43.9 Å². The third kappa shape index (κ3) is 5.30. The van der Waals surface area contributed by atoms with Crippen molar-refractivity contribution in [2.24, 2.45) is 5.10 Å². The Kier molecular flexibility index (Phi) is 7.38. The summed E-state index contributed by atoms with van der Waals surface area (Å²) in [6, 6.07) is 16.1. The van der Waals surface area contributed by atoms with Crippen LogP contribution in [0.2, 0.25) is 0 Å². The van der Waals surface area contributed by atoms with Crippen LogP contribution in [0.5, 0.6) is 0 Å². The van der Waals surface area contributed by atoms with E-state index in [1.165, 1.54) is 16.4 Å². The Morgan fingerprint density at radius 1 is 0.946 bits per heavy atom. The smallest absolute Gasteiger partial charge is 0.271 e. The van der Waals surface area contributed by atoms with Gasteiger partial charge in [-0.15, -0.1) is 0 Å². The summed E-state index contributed by atoms with van der Waals surface area (Å²) in [5.41, 5.74) is 5.41. The summed E-state index contributed by atoms with van der Waals surface area (Å²) < 4.78 is 29.5. The molecule has 194 valence electrons. The number of benzene rings is 2. The number of piperidine rings is 1. The predicted molar refractivity (Wildman–Crippen MR) is 144 cm³/mol. The molecule has 0 aliphatic carbocycles. The average Bonchev–Trinajstić information content (AvgIpc) is 3.58. The molecule has 0 radical (unpaired) electrons. The molecule has 0 spiro atoms. The summed E-state index contributed by atoms with van der Waals surface area (Å²) in [6.45, 7) is 4.82. The highest BCUT2D eigenvalue weighted by molar-refractivity contribution is 7.89. The van der Waals surface area contributed by atoms with E-state index in [0.717, 1.165) is 68.0 Å². The van der Waals surface area contributed by atoms with E-state index in [1.54, 1.807) is 18.3 Å². The molecule has 2 aromatic carbocycles. The number of aromatic nitrogens is 2. The molecule has 2 aliphatic rings. The summed E-state index contributed by atoms with van der Waals surface area (Å²) in [5.74, 6) is 0.483. The van der Waals surface area contributed by atoms with E-state index in [-0.39, 0.29) is 10.5 Å². The molecule has 2 saturated heterocycles. The van der Waals surface area contributed by atoms with Gasteiger partial charge >= 0.3 is 0 Å². The molecule has 1 amide bonds. The Bertz CT molecular complexity index is 1390. The van der Waals surface area contributed by atoms with Gasteiger partial charge in [-0.05, 0) is 62.9 Å². The van der Waals surface area contributed by atoms with Gasteiger partial charge in [0, 0.05) is 31.7 Å². The fraction of sp³-hybridized carbons (Fsp3) is 0.370. The first-order valence-corrected chi connectivity index (χ1v) is 14.2. The van der Waals surface area contributed by atoms with E-state index in [0.29, 0.717) is 13.1 Å². The van der Waals surface area contributed by atoms with Crippen molar-refractivity contribution in [3.05, 3.63) is 71.4 Å². The molecular weight excluding hydrogens is 488 g/mol. The lowest BCUT2D eigenvalue weighted by molar-refractivity contribution is 0.0955. The van der Waals surface area contributed by atoms with Crippen molar-refractivity contribution in [3.8, 4) is 5.69 Å². The van der Waals surface area contributed by atoms with Crippen LogP contribution in [-0.2, 0) is 10.0 Å². The maximum atomic E-state index is 13.0. The highest BCUT2D eigenvalue weighted by Crippen LogP contribution is 2.29. The summed E-state index contributed by atoms with van der Waals surface area (Å²) in [7, 11) is -3.63. The SMILES string of the molecule is Cc1nn(-c2ccccc2)c(N2CCCC2)c1/C=N/NC(=O)c1cccc(S(=O)(=O)N2CCCCC2)c1. The molecule has 3 aromatic rings. The fourth-order valence-electron chi connectivity index (χ4n) is 4.93. The van der Waals surface area contributed by atoms with Crippen molar-refractivity contribution >= 4 is 28.0 Å². The third-order valence-corrected chi connectivity index (χ3v) is 8.79. The first kappa shape index (κ1) is 25.2. The molecule has 0 bridgehead atoms. The second-order valence-electron chi connectivity index (χ2n) is 9.46. The molecule has 10 heteroatoms. The fourth-order valence-corrected chi connectivity index (χ4v) is 6.50. The molecule has 0 atom stereocenters. The number of hydrogen-bond donors (Lipinski definition) is 1. The number of sulfonamides is 1. The van der Waals surface area contributed by atoms with Crippen LogP contribution in [0.1, 0.15) is 53.7 Å². The van der Waals surface area contributed by atoms with Crippen molar-refractivity contribution in [3.63, 3.8) is 0 Å². The molecule has 3 heterocycles. The van der Waals surface area contributed by atoms with Gasteiger partial charge in [-0.25, -0.2) is 18.5 Å². The van der Waals surface area contributed by atoms with E-state index in [2.05, 4.69) is 15.4 Å². The van der Waals surface area contributed by atoms with Crippen molar-refractivity contribution in [1.82, 2.24) is 19.5 Å². The maximum Gasteiger partial charge on any atom is 0.271 e. The Hall–Kier alpha value is -3.50. The second kappa shape index (κ2) is 10.9. The average molecular weight is 521 g/mol. The summed E-state index contributed by atoms with van der Waals surface area (Å²) in [4.78, 5) is 15.3. The zero-order valence-corrected chi connectivity index (χ0v) is 21.8. The van der Waals surface area contributed by atoms with Gasteiger partial charge in [0.05, 0.1) is 28.1 Å². The quantitative estimate of drug-likeness (QED) is 0.378. The third-order valence-electron chi connectivity index (χ3n) is 6.90. The summed E-state index contributed by atoms with van der Waals surface area (Å²) in [6.07, 6.45) is 6.60. The van der Waals surface area contributed by atoms with Crippen LogP contribution in [0.25, 0.3) is 5.69 Å². The Morgan fingerprint density at radius 2 is 1.65 bits per heavy atom. The van der Waals surface area contributed by atoms with Crippen LogP contribution in [0.15, 0.2) is 64.6 Å². The number of anilines is 1. The first-order chi connectivity index (χ1) is 17.9. The number of para-hydroxylation sites is 1. The molecule has 0 saturated carbocycles. The first-order valence-electron chi connectivity index (χ1n) is 12.8. The van der Waals surface area contributed by atoms with Gasteiger partial charge in [-0.2, -0.15) is 14.5 Å². The normalized spacial score (nSPS) is 16.9. The molecule has 9 nitrogen and oxygen atoms in total. The number of amides is 1. The maximum absolute atomic E-state index is 13.0. The topological polar surface area (TPSA) is 99.9 Å². The van der Waals surface area contributed by atoms with Crippen molar-refractivity contribution < 1.29 is 13.2 Å². The molecule has 2 fully saturated rings. The second-order valence-corrected chi connectivity index (χ2v) is 11.4. The minimum absolute atomic E-state index is 0.127. The molecular formula is C27H32N6O3S. The summed E-state index contributed by atoms with van der Waals surface area (Å²) >= 11 is 0. The standard InChI is InChI=1S/C27H32N6O3S/c1-21-25(27(31-15-8-9-16-31)33(30-21)23-12-4-2-5-13-23)20-28-29-26(34)22-11-10-14-24(19-22)37(35,36)32-17-6-3-7-18-32/h2,4-5,10-14,19-20H,3,6-9,15-18H2,1H3,(H,29,34)/b28-20+. The van der Waals surface area contributed by atoms with Crippen LogP contribution >= 0.6 is 0 Å². The number of carbonyl (C=O) groups is 1. The lowest BCUT2D eigenvalue weighted by Crippen LogP contribution is -2.35. The van der Waals surface area contributed by atoms with Gasteiger partial charge in [0.2, 0.25) is 10.0 Å². The van der Waals surface area contributed by atoms with Gasteiger partial charge in [-0.1, -0.05) is 30.7 Å². The zero-order valence-electron chi connectivity index (χ0n) is 21.0. The molecule has 0 unspecified atom stereocenters. The van der Waals surface area contributed by atoms with Gasteiger partial charge in [-0.3, -0.25) is 4.79 Å². The number of aryl methyl sites for hydroxylation is 1. The molecule has 1 aromatic heterocycles. The number of carbonyl (C=O) groups excluding carboxylic acids is 1. The van der Waals surface area contributed by atoms with Crippen molar-refractivity contribution in [1.29, 1.82) is 0 Å². The van der Waals surface area contributed by atoms with E-state index in [9.17, 15) is 13.2 Å². The monoisotopic (exact) mass is 520 g/mol. The molecule has 37 heavy (non-hydrogen) atoms. The lowest BCUT2D eigenvalue weighted by atomic mass is 10.2. The van der Waals surface area contributed by atoms with Crippen LogP contribution in [0.4, 0.5) is 5.82 Å². The number of rotatable bonds is 7. The minimum Gasteiger partial charge on any atom is -0.356 e. The molecule has 2 aliphatic heterocycles. The largest absolute Gasteiger partial charge is 0.356 e. The van der Waals surface area contributed by atoms with Crippen LogP contribution in [0.3, 0.4) is 0 Å².